The van der Waals surface area contributed by atoms with Crippen molar-refractivity contribution in [1.29, 1.82) is 0 Å². The summed E-state index contributed by atoms with van der Waals surface area (Å²) >= 11 is 1.83. The number of hydrogen-bond acceptors (Lipinski definition) is 3. The Labute approximate surface area is 58.9 Å². The Kier molecular flexibility index (Phi) is 2.00. The van der Waals surface area contributed by atoms with Crippen molar-refractivity contribution < 1.29 is 15.3 Å². The second-order valence-corrected chi connectivity index (χ2v) is 3.55. The van der Waals surface area contributed by atoms with E-state index in [-0.39, 0.29) is 10.8 Å². The van der Waals surface area contributed by atoms with E-state index in [1.165, 1.54) is 7.11 Å². The van der Waals surface area contributed by atoms with Crippen molar-refractivity contribution >= 4 is 11.8 Å². The molecule has 1 heterocycles. The largest absolute Gasteiger partial charge is 0.183 e. The second kappa shape index (κ2) is 2.46. The topological polar surface area (TPSA) is 33.9 Å². The molecule has 9 heavy (non-hydrogen) atoms. The van der Waals surface area contributed by atoms with Gasteiger partial charge in [-0.05, 0) is 6.92 Å². The number of hydroxylamine groups is 2. The third kappa shape index (κ3) is 1.21. The van der Waals surface area contributed by atoms with Gasteiger partial charge in [0.1, 0.15) is 0 Å². The van der Waals surface area contributed by atoms with Crippen molar-refractivity contribution in [3.05, 3.63) is 0 Å². The Hall–Kier alpha value is 0.230. The predicted octanol–water partition coefficient (Wildman–Crippen LogP) is -0.673. The predicted molar refractivity (Wildman–Crippen MR) is 35.5 cm³/mol. The van der Waals surface area contributed by atoms with Crippen LogP contribution in [0.25, 0.3) is 0 Å². The average molecular weight is 150 g/mol. The van der Waals surface area contributed by atoms with Crippen LogP contribution < -0.4 is 5.23 Å². The van der Waals surface area contributed by atoms with Gasteiger partial charge in [-0.2, -0.15) is 10.0 Å². The summed E-state index contributed by atoms with van der Waals surface area (Å²) < 4.78 is 0. The normalized spacial score (nSPS) is 27.0. The summed E-state index contributed by atoms with van der Waals surface area (Å²) in [6.45, 7) is 2.00. The molecule has 1 aliphatic rings. The lowest BCUT2D eigenvalue weighted by Gasteiger charge is -2.36. The van der Waals surface area contributed by atoms with Crippen LogP contribution in [0.15, 0.2) is 0 Å². The molecule has 1 aliphatic heterocycles. The first-order valence-corrected chi connectivity index (χ1v) is 4.03. The summed E-state index contributed by atoms with van der Waals surface area (Å²) in [6, 6.07) is 0. The molecule has 1 unspecified atom stereocenters. The fourth-order valence-corrected chi connectivity index (χ4v) is 1.84. The highest BCUT2D eigenvalue weighted by Gasteiger charge is 2.44. The van der Waals surface area contributed by atoms with E-state index in [0.717, 1.165) is 11.5 Å². The smallest absolute Gasteiger partial charge is 0.175 e. The van der Waals surface area contributed by atoms with E-state index < -0.39 is 0 Å². The zero-order chi connectivity index (χ0) is 6.91. The van der Waals surface area contributed by atoms with Crippen molar-refractivity contribution in [2.24, 2.45) is 0 Å². The highest BCUT2D eigenvalue weighted by atomic mass is 32.2. The van der Waals surface area contributed by atoms with Gasteiger partial charge in [0.25, 0.3) is 0 Å². The van der Waals surface area contributed by atoms with E-state index in [9.17, 15) is 0 Å². The Morgan fingerprint density at radius 1 is 1.67 bits per heavy atom. The Balaban J connectivity index is 2.38. The first kappa shape index (κ1) is 7.34. The molecule has 54 valence electrons. The Morgan fingerprint density at radius 2 is 2.22 bits per heavy atom. The SMILES string of the molecule is CO[NH+](O)C1(C)CSC1. The van der Waals surface area contributed by atoms with Crippen molar-refractivity contribution in [2.75, 3.05) is 18.6 Å². The molecular weight excluding hydrogens is 138 g/mol. The van der Waals surface area contributed by atoms with Crippen LogP contribution in [0.1, 0.15) is 6.92 Å². The van der Waals surface area contributed by atoms with Gasteiger partial charge in [-0.25, -0.2) is 0 Å². The standard InChI is InChI=1S/C5H11NO2S/c1-5(3-9-4-5)6(7)8-2/h7H,3-4H2,1-2H3/p+1. The third-order valence-electron chi connectivity index (χ3n) is 1.55. The zero-order valence-electron chi connectivity index (χ0n) is 5.68. The molecule has 1 fully saturated rings. The molecule has 0 aliphatic carbocycles. The molecule has 2 N–H and O–H groups in total. The molecule has 1 rings (SSSR count). The minimum Gasteiger partial charge on any atom is -0.183 e. The van der Waals surface area contributed by atoms with Gasteiger partial charge in [0.05, 0.1) is 18.6 Å². The highest BCUT2D eigenvalue weighted by molar-refractivity contribution is 8.00. The van der Waals surface area contributed by atoms with E-state index in [1.807, 2.05) is 18.7 Å². The third-order valence-corrected chi connectivity index (χ3v) is 3.23. The second-order valence-electron chi connectivity index (χ2n) is 2.56. The van der Waals surface area contributed by atoms with Crippen molar-refractivity contribution in [3.8, 4) is 0 Å². The minimum absolute atomic E-state index is 0.0561. The number of nitrogens with one attached hydrogen (secondary N) is 1. The van der Waals surface area contributed by atoms with Crippen molar-refractivity contribution in [3.63, 3.8) is 0 Å². The van der Waals surface area contributed by atoms with Crippen LogP contribution in [-0.4, -0.2) is 29.4 Å². The minimum atomic E-state index is -0.0561. The highest BCUT2D eigenvalue weighted by Crippen LogP contribution is 2.25. The first-order chi connectivity index (χ1) is 4.19. The fourth-order valence-electron chi connectivity index (χ4n) is 0.778. The molecule has 1 atom stereocenters. The van der Waals surface area contributed by atoms with E-state index >= 15 is 0 Å². The lowest BCUT2D eigenvalue weighted by Crippen LogP contribution is -3.19. The maximum Gasteiger partial charge on any atom is 0.175 e. The van der Waals surface area contributed by atoms with Crippen molar-refractivity contribution in [2.45, 2.75) is 12.5 Å². The number of thioether (sulfide) groups is 1. The molecule has 0 aromatic rings. The van der Waals surface area contributed by atoms with E-state index in [1.54, 1.807) is 0 Å². The maximum absolute atomic E-state index is 9.12. The van der Waals surface area contributed by atoms with E-state index in [2.05, 4.69) is 0 Å². The summed E-state index contributed by atoms with van der Waals surface area (Å²) in [6.07, 6.45) is 0. The number of hydrogen-bond donors (Lipinski definition) is 2. The molecular formula is C5H12NO2S+. The van der Waals surface area contributed by atoms with Crippen molar-refractivity contribution in [1.82, 2.24) is 0 Å². The maximum atomic E-state index is 9.12. The Bertz CT molecular complexity index is 105. The lowest BCUT2D eigenvalue weighted by molar-refractivity contribution is -1.27. The summed E-state index contributed by atoms with van der Waals surface area (Å²) in [7, 11) is 1.50. The lowest BCUT2D eigenvalue weighted by atomic mass is 10.1. The summed E-state index contributed by atoms with van der Waals surface area (Å²) in [5, 5.41) is 9.30. The van der Waals surface area contributed by atoms with E-state index in [4.69, 9.17) is 10.0 Å². The van der Waals surface area contributed by atoms with Crippen LogP contribution in [0.4, 0.5) is 0 Å². The Morgan fingerprint density at radius 3 is 2.33 bits per heavy atom. The first-order valence-electron chi connectivity index (χ1n) is 2.87. The van der Waals surface area contributed by atoms with Crippen LogP contribution in [0, 0.1) is 0 Å². The molecule has 3 nitrogen and oxygen atoms in total. The van der Waals surface area contributed by atoms with Gasteiger partial charge in [-0.3, -0.25) is 0 Å². The molecule has 0 spiro atoms. The molecule has 0 aromatic heterocycles. The van der Waals surface area contributed by atoms with Gasteiger partial charge < -0.3 is 0 Å². The molecule has 4 heteroatoms. The summed E-state index contributed by atoms with van der Waals surface area (Å²) in [5.74, 6) is 1.96. The van der Waals surface area contributed by atoms with Crippen LogP contribution in [0.5, 0.6) is 0 Å². The molecule has 0 amide bonds. The van der Waals surface area contributed by atoms with Crippen LogP contribution in [0.2, 0.25) is 0 Å². The number of quaternary nitrogens is 1. The quantitative estimate of drug-likeness (QED) is 0.512. The van der Waals surface area contributed by atoms with Gasteiger partial charge in [0.2, 0.25) is 0 Å². The zero-order valence-corrected chi connectivity index (χ0v) is 6.49. The van der Waals surface area contributed by atoms with Gasteiger partial charge in [0.15, 0.2) is 5.54 Å². The number of rotatable bonds is 2. The van der Waals surface area contributed by atoms with Gasteiger partial charge in [-0.15, -0.1) is 11.8 Å². The van der Waals surface area contributed by atoms with Gasteiger partial charge >= 0.3 is 0 Å². The molecule has 1 saturated heterocycles. The molecule has 0 aromatic carbocycles. The van der Waals surface area contributed by atoms with Crippen LogP contribution >= 0.6 is 11.8 Å². The van der Waals surface area contributed by atoms with Gasteiger partial charge in [-0.1, -0.05) is 5.23 Å². The van der Waals surface area contributed by atoms with Gasteiger partial charge in [0, 0.05) is 0 Å². The average Bonchev–Trinajstić information content (AvgIpc) is 1.81. The molecule has 0 bridgehead atoms. The molecule has 0 saturated carbocycles. The van der Waals surface area contributed by atoms with E-state index in [0.29, 0.717) is 0 Å². The fraction of sp³-hybridized carbons (Fsp3) is 1.00. The monoisotopic (exact) mass is 150 g/mol. The molecule has 0 radical (unpaired) electrons. The van der Waals surface area contributed by atoms with Crippen LogP contribution in [0.3, 0.4) is 0 Å². The van der Waals surface area contributed by atoms with Crippen LogP contribution in [-0.2, 0) is 4.84 Å². The summed E-state index contributed by atoms with van der Waals surface area (Å²) in [5.41, 5.74) is -0.0561. The summed E-state index contributed by atoms with van der Waals surface area (Å²) in [4.78, 5) is 4.72.